The Morgan fingerprint density at radius 1 is 1.47 bits per heavy atom. The smallest absolute Gasteiger partial charge is 0.0935 e. The van der Waals surface area contributed by atoms with Crippen LogP contribution in [0.2, 0.25) is 0 Å². The van der Waals surface area contributed by atoms with E-state index in [0.717, 1.165) is 24.3 Å². The first kappa shape index (κ1) is 14.8. The van der Waals surface area contributed by atoms with E-state index in [1.807, 2.05) is 25.1 Å². The second-order valence-electron chi connectivity index (χ2n) is 4.83. The molecule has 2 atom stereocenters. The Morgan fingerprint density at radius 2 is 2.06 bits per heavy atom. The standard InChI is InChI=1S/C13H23NOS2/c1-4-8-12(13(16)14(2)3)17(15)11-9-6-5-7-10-11/h4,11-12H,1,5-10H2,2-3H3/t12-,17+/m1/s1. The van der Waals surface area contributed by atoms with Gasteiger partial charge in [-0.1, -0.05) is 37.6 Å². The number of hydrogen-bond acceptors (Lipinski definition) is 2. The van der Waals surface area contributed by atoms with Crippen LogP contribution >= 0.6 is 12.2 Å². The molecule has 0 amide bonds. The van der Waals surface area contributed by atoms with Gasteiger partial charge in [-0.2, -0.15) is 0 Å². The van der Waals surface area contributed by atoms with Crippen LogP contribution in [0.3, 0.4) is 0 Å². The molecule has 1 saturated carbocycles. The Hall–Kier alpha value is -0.220. The fraction of sp³-hybridized carbons (Fsp3) is 0.769. The van der Waals surface area contributed by atoms with E-state index in [1.165, 1.54) is 19.3 Å². The lowest BCUT2D eigenvalue weighted by Crippen LogP contribution is -2.39. The summed E-state index contributed by atoms with van der Waals surface area (Å²) in [6, 6.07) is 0. The predicted molar refractivity (Wildman–Crippen MR) is 79.9 cm³/mol. The molecule has 0 saturated heterocycles. The Bertz CT molecular complexity index is 296. The number of nitrogens with zero attached hydrogens (tertiary/aromatic N) is 1. The Balaban J connectivity index is 2.71. The second-order valence-corrected chi connectivity index (χ2v) is 7.15. The average molecular weight is 273 g/mol. The van der Waals surface area contributed by atoms with E-state index in [2.05, 4.69) is 6.58 Å². The van der Waals surface area contributed by atoms with Gasteiger partial charge in [0.1, 0.15) is 0 Å². The van der Waals surface area contributed by atoms with Crippen molar-refractivity contribution in [3.63, 3.8) is 0 Å². The third kappa shape index (κ3) is 4.18. The summed E-state index contributed by atoms with van der Waals surface area (Å²) in [7, 11) is 3.01. The molecule has 4 heteroatoms. The van der Waals surface area contributed by atoms with Crippen LogP contribution in [-0.2, 0) is 10.8 Å². The second kappa shape index (κ2) is 7.27. The van der Waals surface area contributed by atoms with E-state index in [1.54, 1.807) is 0 Å². The molecule has 0 aromatic carbocycles. The van der Waals surface area contributed by atoms with Gasteiger partial charge in [-0.05, 0) is 19.3 Å². The van der Waals surface area contributed by atoms with Gasteiger partial charge in [0.15, 0.2) is 0 Å². The molecular formula is C13H23NOS2. The maximum absolute atomic E-state index is 12.6. The maximum Gasteiger partial charge on any atom is 0.0935 e. The van der Waals surface area contributed by atoms with Gasteiger partial charge in [0.25, 0.3) is 0 Å². The molecule has 0 heterocycles. The molecule has 1 rings (SSSR count). The third-order valence-corrected chi connectivity index (χ3v) is 6.16. The van der Waals surface area contributed by atoms with Gasteiger partial charge in [0, 0.05) is 30.1 Å². The van der Waals surface area contributed by atoms with Crippen LogP contribution in [-0.4, -0.2) is 38.7 Å². The zero-order valence-corrected chi connectivity index (χ0v) is 12.5. The van der Waals surface area contributed by atoms with Gasteiger partial charge >= 0.3 is 0 Å². The van der Waals surface area contributed by atoms with Crippen LogP contribution in [0.1, 0.15) is 38.5 Å². The van der Waals surface area contributed by atoms with Crippen LogP contribution in [0, 0.1) is 0 Å². The third-order valence-electron chi connectivity index (χ3n) is 3.26. The molecule has 0 unspecified atom stereocenters. The topological polar surface area (TPSA) is 20.3 Å². The Morgan fingerprint density at radius 3 is 2.53 bits per heavy atom. The summed E-state index contributed by atoms with van der Waals surface area (Å²) >= 11 is 5.40. The Kier molecular flexibility index (Phi) is 6.34. The molecule has 1 aliphatic rings. The molecule has 17 heavy (non-hydrogen) atoms. The van der Waals surface area contributed by atoms with E-state index in [0.29, 0.717) is 5.25 Å². The van der Waals surface area contributed by atoms with Gasteiger partial charge in [0.05, 0.1) is 10.2 Å². The lowest BCUT2D eigenvalue weighted by molar-refractivity contribution is 0.502. The summed E-state index contributed by atoms with van der Waals surface area (Å²) < 4.78 is 12.6. The molecule has 98 valence electrons. The minimum Gasteiger partial charge on any atom is -0.371 e. The van der Waals surface area contributed by atoms with Crippen molar-refractivity contribution in [1.29, 1.82) is 0 Å². The summed E-state index contributed by atoms with van der Waals surface area (Å²) in [5.74, 6) is 0. The zero-order valence-electron chi connectivity index (χ0n) is 10.9. The number of allylic oxidation sites excluding steroid dienone is 1. The minimum absolute atomic E-state index is 0.0272. The van der Waals surface area contributed by atoms with E-state index in [4.69, 9.17) is 12.2 Å². The molecule has 0 radical (unpaired) electrons. The summed E-state index contributed by atoms with van der Waals surface area (Å²) in [4.78, 5) is 2.71. The van der Waals surface area contributed by atoms with Crippen LogP contribution in [0.4, 0.5) is 0 Å². The molecule has 0 aromatic rings. The van der Waals surface area contributed by atoms with Crippen molar-refractivity contribution in [2.24, 2.45) is 0 Å². The predicted octanol–water partition coefficient (Wildman–Crippen LogP) is 2.90. The summed E-state index contributed by atoms with van der Waals surface area (Å²) in [6.07, 6.45) is 8.46. The summed E-state index contributed by atoms with van der Waals surface area (Å²) in [5.41, 5.74) is 0. The molecule has 0 spiro atoms. The van der Waals surface area contributed by atoms with Crippen LogP contribution in [0.15, 0.2) is 12.7 Å². The number of hydrogen-bond donors (Lipinski definition) is 0. The van der Waals surface area contributed by atoms with Crippen molar-refractivity contribution in [3.8, 4) is 0 Å². The SMILES string of the molecule is C=CC[C@H](C(=S)N(C)C)[S@@](=O)C1CCCCC1. The van der Waals surface area contributed by atoms with E-state index >= 15 is 0 Å². The molecule has 0 aliphatic heterocycles. The van der Waals surface area contributed by atoms with Gasteiger partial charge in [0.2, 0.25) is 0 Å². The van der Waals surface area contributed by atoms with Crippen molar-refractivity contribution < 1.29 is 4.21 Å². The van der Waals surface area contributed by atoms with Gasteiger partial charge < -0.3 is 4.90 Å². The molecule has 2 nitrogen and oxygen atoms in total. The zero-order chi connectivity index (χ0) is 12.8. The van der Waals surface area contributed by atoms with Crippen LogP contribution in [0.25, 0.3) is 0 Å². The number of rotatable bonds is 5. The minimum atomic E-state index is -0.849. The lowest BCUT2D eigenvalue weighted by Gasteiger charge is -2.28. The van der Waals surface area contributed by atoms with Gasteiger partial charge in [-0.15, -0.1) is 6.58 Å². The van der Waals surface area contributed by atoms with Crippen molar-refractivity contribution in [1.82, 2.24) is 4.90 Å². The van der Waals surface area contributed by atoms with Crippen molar-refractivity contribution in [2.45, 2.75) is 49.0 Å². The summed E-state index contributed by atoms with van der Waals surface area (Å²) in [6.45, 7) is 3.76. The largest absolute Gasteiger partial charge is 0.371 e. The van der Waals surface area contributed by atoms with Gasteiger partial charge in [-0.3, -0.25) is 4.21 Å². The first-order chi connectivity index (χ1) is 8.07. The Labute approximate surface area is 113 Å². The fourth-order valence-corrected chi connectivity index (χ4v) is 4.64. The fourth-order valence-electron chi connectivity index (χ4n) is 2.26. The van der Waals surface area contributed by atoms with Crippen LogP contribution < -0.4 is 0 Å². The highest BCUT2D eigenvalue weighted by atomic mass is 32.2. The quantitative estimate of drug-likeness (QED) is 0.567. The van der Waals surface area contributed by atoms with Gasteiger partial charge in [-0.25, -0.2) is 0 Å². The molecule has 1 fully saturated rings. The maximum atomic E-state index is 12.6. The number of thiocarbonyl (C=S) groups is 1. The summed E-state index contributed by atoms with van der Waals surface area (Å²) in [5, 5.41) is 0.312. The van der Waals surface area contributed by atoms with Crippen LogP contribution in [0.5, 0.6) is 0 Å². The van der Waals surface area contributed by atoms with E-state index in [9.17, 15) is 4.21 Å². The lowest BCUT2D eigenvalue weighted by atomic mass is 10.0. The van der Waals surface area contributed by atoms with E-state index < -0.39 is 10.8 Å². The highest BCUT2D eigenvalue weighted by Gasteiger charge is 2.29. The highest BCUT2D eigenvalue weighted by Crippen LogP contribution is 2.25. The first-order valence-corrected chi connectivity index (χ1v) is 7.97. The monoisotopic (exact) mass is 273 g/mol. The first-order valence-electron chi connectivity index (χ1n) is 6.29. The van der Waals surface area contributed by atoms with Crippen molar-refractivity contribution in [2.75, 3.05) is 14.1 Å². The normalized spacial score (nSPS) is 20.6. The average Bonchev–Trinajstić information content (AvgIpc) is 2.35. The molecule has 0 N–H and O–H groups in total. The highest BCUT2D eigenvalue weighted by molar-refractivity contribution is 7.90. The molecule has 0 aromatic heterocycles. The van der Waals surface area contributed by atoms with Crippen molar-refractivity contribution in [3.05, 3.63) is 12.7 Å². The van der Waals surface area contributed by atoms with E-state index in [-0.39, 0.29) is 5.25 Å². The molecule has 1 aliphatic carbocycles. The molecule has 0 bridgehead atoms. The van der Waals surface area contributed by atoms with Crippen molar-refractivity contribution >= 4 is 28.0 Å². The molecular weight excluding hydrogens is 250 g/mol.